The molecule has 62 valence electrons. The van der Waals surface area contributed by atoms with Gasteiger partial charge in [0.05, 0.1) is 11.1 Å². The molecule has 1 aromatic rings. The van der Waals surface area contributed by atoms with E-state index in [9.17, 15) is 9.59 Å². The molecule has 0 atom stereocenters. The van der Waals surface area contributed by atoms with Crippen molar-refractivity contribution in [3.8, 4) is 0 Å². The normalized spacial score (nSPS) is 8.00. The zero-order valence-corrected chi connectivity index (χ0v) is 8.02. The zero-order chi connectivity index (χ0) is 9.14. The number of hydrogen-bond acceptors (Lipinski definition) is 2. The third-order valence-electron chi connectivity index (χ3n) is 1.38. The summed E-state index contributed by atoms with van der Waals surface area (Å²) in [5.41, 5.74) is 0.167. The van der Waals surface area contributed by atoms with Crippen LogP contribution in [0.3, 0.4) is 0 Å². The molecule has 0 unspecified atom stereocenters. The summed E-state index contributed by atoms with van der Waals surface area (Å²) in [6.45, 7) is 0. The third-order valence-corrected chi connectivity index (χ3v) is 1.38. The van der Waals surface area contributed by atoms with E-state index >= 15 is 0 Å². The molecule has 0 spiro atoms. The number of carboxylic acids is 2. The molecule has 0 heterocycles. The summed E-state index contributed by atoms with van der Waals surface area (Å²) in [5.74, 6) is -2.13. The molecule has 1 rings (SSSR count). The molecule has 0 aliphatic carbocycles. The van der Waals surface area contributed by atoms with Crippen LogP contribution >= 0.6 is 0 Å². The van der Waals surface area contributed by atoms with Crippen LogP contribution in [0.5, 0.6) is 0 Å². The maximum Gasteiger partial charge on any atom is 1.00 e. The van der Waals surface area contributed by atoms with Gasteiger partial charge in [0.25, 0.3) is 0 Å². The first-order chi connectivity index (χ1) is 5.61. The van der Waals surface area contributed by atoms with E-state index < -0.39 is 11.9 Å². The van der Waals surface area contributed by atoms with Gasteiger partial charge in [0.1, 0.15) is 0 Å². The average Bonchev–Trinajstić information content (AvgIpc) is 2.04. The molecule has 0 aliphatic heterocycles. The van der Waals surface area contributed by atoms with Gasteiger partial charge in [0, 0.05) is 0 Å². The van der Waals surface area contributed by atoms with Crippen LogP contribution in [0.1, 0.15) is 20.7 Å². The molecule has 0 fully saturated rings. The fourth-order valence-corrected chi connectivity index (χ4v) is 0.755. The summed E-state index contributed by atoms with van der Waals surface area (Å²) in [5, 5.41) is 16.9. The molecule has 0 amide bonds. The minimum atomic E-state index is -1.06. The zero-order valence-electron chi connectivity index (χ0n) is 8.02. The Morgan fingerprint density at radius 1 is 0.786 bits per heavy atom. The molecule has 6 heteroatoms. The van der Waals surface area contributed by atoms with Crippen molar-refractivity contribution in [3.05, 3.63) is 35.4 Å². The van der Waals surface area contributed by atoms with E-state index in [1.807, 2.05) is 0 Å². The van der Waals surface area contributed by atoms with Crippen LogP contribution in [0.2, 0.25) is 0 Å². The van der Waals surface area contributed by atoms with Crippen molar-refractivity contribution in [2.24, 2.45) is 0 Å². The molecular weight excluding hydrogens is 174 g/mol. The Morgan fingerprint density at radius 2 is 1.00 bits per heavy atom. The topological polar surface area (TPSA) is 74.6 Å². The van der Waals surface area contributed by atoms with Crippen LogP contribution in [0.25, 0.3) is 0 Å². The minimum Gasteiger partial charge on any atom is -0.478 e. The monoisotopic (exact) mass is 180 g/mol. The Labute approximate surface area is 105 Å². The van der Waals surface area contributed by atoms with Crippen LogP contribution in [-0.2, 0) is 0 Å². The van der Waals surface area contributed by atoms with Gasteiger partial charge in [-0.25, -0.2) is 9.59 Å². The molecule has 0 radical (unpaired) electrons. The van der Waals surface area contributed by atoms with Crippen molar-refractivity contribution >= 4 is 11.9 Å². The second kappa shape index (κ2) is 6.76. The van der Waals surface area contributed by atoms with Gasteiger partial charge in [-0.05, 0) is 24.3 Å². The molecule has 1 aromatic carbocycles. The molecule has 0 saturated heterocycles. The molecule has 0 aliphatic rings. The number of hydrogen-bond donors (Lipinski definition) is 2. The first kappa shape index (κ1) is 15.8. The number of carboxylic acid groups (broad SMARTS) is 2. The number of carbonyl (C=O) groups is 2. The van der Waals surface area contributed by atoms with E-state index in [2.05, 4.69) is 0 Å². The second-order valence-corrected chi connectivity index (χ2v) is 2.19. The van der Waals surface area contributed by atoms with Gasteiger partial charge in [-0.2, -0.15) is 0 Å². The summed E-state index contributed by atoms with van der Waals surface area (Å²) >= 11 is 0. The number of rotatable bonds is 2. The quantitative estimate of drug-likeness (QED) is 0.447. The Kier molecular flexibility index (Phi) is 7.63. The minimum absolute atomic E-state index is 0. The number of aromatic carboxylic acids is 2. The predicted molar refractivity (Wildman–Crippen MR) is 40.4 cm³/mol. The molecular formula is C8H6Li2O4+2. The first-order valence-corrected chi connectivity index (χ1v) is 3.18. The Balaban J connectivity index is 0. The summed E-state index contributed by atoms with van der Waals surface area (Å²) < 4.78 is 0. The fraction of sp³-hybridized carbons (Fsp3) is 0. The van der Waals surface area contributed by atoms with E-state index in [0.717, 1.165) is 0 Å². The van der Waals surface area contributed by atoms with Gasteiger partial charge in [0.2, 0.25) is 0 Å². The maximum atomic E-state index is 10.3. The SMILES string of the molecule is O=C(O)c1ccc(C(=O)O)cc1.[Li+].[Li+]. The Morgan fingerprint density at radius 3 is 1.14 bits per heavy atom. The average molecular weight is 180 g/mol. The van der Waals surface area contributed by atoms with Crippen LogP contribution in [0, 0.1) is 0 Å². The smallest absolute Gasteiger partial charge is 0.478 e. The summed E-state index contributed by atoms with van der Waals surface area (Å²) in [6, 6.07) is 5.02. The van der Waals surface area contributed by atoms with Gasteiger partial charge in [0.15, 0.2) is 0 Å². The summed E-state index contributed by atoms with van der Waals surface area (Å²) in [6.07, 6.45) is 0. The third kappa shape index (κ3) is 4.04. The van der Waals surface area contributed by atoms with Crippen molar-refractivity contribution < 1.29 is 57.5 Å². The van der Waals surface area contributed by atoms with Gasteiger partial charge in [-0.15, -0.1) is 0 Å². The van der Waals surface area contributed by atoms with E-state index in [1.54, 1.807) is 0 Å². The Bertz CT molecular complexity index is 288. The summed E-state index contributed by atoms with van der Waals surface area (Å²) in [4.78, 5) is 20.7. The standard InChI is InChI=1S/C8H6O4.2Li/c9-7(10)5-1-2-6(4-3-5)8(11)12;;/h1-4H,(H,9,10)(H,11,12);;/q;2*+1. The van der Waals surface area contributed by atoms with Crippen LogP contribution in [0.15, 0.2) is 24.3 Å². The molecule has 4 nitrogen and oxygen atoms in total. The van der Waals surface area contributed by atoms with E-state index in [4.69, 9.17) is 10.2 Å². The summed E-state index contributed by atoms with van der Waals surface area (Å²) in [7, 11) is 0. The number of benzene rings is 1. The van der Waals surface area contributed by atoms with Crippen molar-refractivity contribution in [1.29, 1.82) is 0 Å². The molecule has 0 aromatic heterocycles. The maximum absolute atomic E-state index is 10.3. The van der Waals surface area contributed by atoms with Gasteiger partial charge < -0.3 is 10.2 Å². The second-order valence-electron chi connectivity index (χ2n) is 2.19. The molecule has 2 N–H and O–H groups in total. The van der Waals surface area contributed by atoms with Crippen molar-refractivity contribution in [3.63, 3.8) is 0 Å². The van der Waals surface area contributed by atoms with E-state index in [-0.39, 0.29) is 48.8 Å². The molecule has 14 heavy (non-hydrogen) atoms. The molecule has 0 saturated carbocycles. The van der Waals surface area contributed by atoms with Crippen molar-refractivity contribution in [2.45, 2.75) is 0 Å². The van der Waals surface area contributed by atoms with Gasteiger partial charge in [-0.1, -0.05) is 0 Å². The first-order valence-electron chi connectivity index (χ1n) is 3.18. The van der Waals surface area contributed by atoms with Crippen molar-refractivity contribution in [2.75, 3.05) is 0 Å². The van der Waals surface area contributed by atoms with Crippen LogP contribution in [0.4, 0.5) is 0 Å². The Hall–Kier alpha value is -0.645. The van der Waals surface area contributed by atoms with Crippen LogP contribution < -0.4 is 37.7 Å². The van der Waals surface area contributed by atoms with E-state index in [0.29, 0.717) is 0 Å². The van der Waals surface area contributed by atoms with Crippen molar-refractivity contribution in [1.82, 2.24) is 0 Å². The fourth-order valence-electron chi connectivity index (χ4n) is 0.755. The van der Waals surface area contributed by atoms with Crippen LogP contribution in [-0.4, -0.2) is 22.2 Å². The van der Waals surface area contributed by atoms with Gasteiger partial charge in [-0.3, -0.25) is 0 Å². The van der Waals surface area contributed by atoms with Gasteiger partial charge >= 0.3 is 49.7 Å². The molecule has 0 bridgehead atoms. The largest absolute Gasteiger partial charge is 1.00 e. The predicted octanol–water partition coefficient (Wildman–Crippen LogP) is -4.91. The van der Waals surface area contributed by atoms with E-state index in [1.165, 1.54) is 24.3 Å².